The van der Waals surface area contributed by atoms with Gasteiger partial charge in [0.25, 0.3) is 0 Å². The Hall–Kier alpha value is -0.0800. The number of piperidine rings is 1. The first-order chi connectivity index (χ1) is 9.78. The molecule has 116 valence electrons. The van der Waals surface area contributed by atoms with Gasteiger partial charge in [0.1, 0.15) is 0 Å². The van der Waals surface area contributed by atoms with E-state index in [0.29, 0.717) is 0 Å². The molecule has 4 atom stereocenters. The molecule has 0 N–H and O–H groups in total. The van der Waals surface area contributed by atoms with Gasteiger partial charge in [0, 0.05) is 31.7 Å². The van der Waals surface area contributed by atoms with E-state index < -0.39 is 0 Å². The van der Waals surface area contributed by atoms with E-state index in [9.17, 15) is 0 Å². The molecule has 0 aromatic heterocycles. The van der Waals surface area contributed by atoms with Gasteiger partial charge in [-0.2, -0.15) is 0 Å². The summed E-state index contributed by atoms with van der Waals surface area (Å²) in [5, 5.41) is 0. The van der Waals surface area contributed by atoms with Gasteiger partial charge >= 0.3 is 0 Å². The average molecular weight is 278 g/mol. The molecule has 3 rings (SSSR count). The molecule has 2 heterocycles. The fourth-order valence-corrected chi connectivity index (χ4v) is 4.89. The third kappa shape index (κ3) is 3.22. The first-order valence-electron chi connectivity index (χ1n) is 9.26. The van der Waals surface area contributed by atoms with Gasteiger partial charge in [0.05, 0.1) is 0 Å². The zero-order chi connectivity index (χ0) is 13.9. The van der Waals surface area contributed by atoms with E-state index in [1.54, 1.807) is 0 Å². The van der Waals surface area contributed by atoms with Crippen molar-refractivity contribution in [1.29, 1.82) is 0 Å². The zero-order valence-electron chi connectivity index (χ0n) is 13.7. The van der Waals surface area contributed by atoms with Gasteiger partial charge < -0.3 is 0 Å². The van der Waals surface area contributed by atoms with E-state index in [0.717, 1.165) is 23.9 Å². The molecule has 20 heavy (non-hydrogen) atoms. The van der Waals surface area contributed by atoms with Crippen molar-refractivity contribution in [2.24, 2.45) is 11.8 Å². The summed E-state index contributed by atoms with van der Waals surface area (Å²) in [7, 11) is 0. The topological polar surface area (TPSA) is 6.48 Å². The van der Waals surface area contributed by atoms with Crippen LogP contribution in [0.2, 0.25) is 0 Å². The summed E-state index contributed by atoms with van der Waals surface area (Å²) in [5.74, 6) is 1.94. The molecule has 2 saturated heterocycles. The molecule has 2 heteroatoms. The van der Waals surface area contributed by atoms with Crippen LogP contribution >= 0.6 is 0 Å². The van der Waals surface area contributed by atoms with Crippen molar-refractivity contribution in [2.75, 3.05) is 26.2 Å². The zero-order valence-corrected chi connectivity index (χ0v) is 13.7. The van der Waals surface area contributed by atoms with E-state index in [4.69, 9.17) is 0 Å². The summed E-state index contributed by atoms with van der Waals surface area (Å²) >= 11 is 0. The first-order valence-corrected chi connectivity index (χ1v) is 9.26. The van der Waals surface area contributed by atoms with Gasteiger partial charge in [0.2, 0.25) is 0 Å². The second kappa shape index (κ2) is 6.79. The summed E-state index contributed by atoms with van der Waals surface area (Å²) in [4.78, 5) is 5.69. The van der Waals surface area contributed by atoms with Crippen LogP contribution in [0.25, 0.3) is 0 Å². The molecule has 2 aliphatic heterocycles. The monoisotopic (exact) mass is 278 g/mol. The molecule has 1 saturated carbocycles. The summed E-state index contributed by atoms with van der Waals surface area (Å²) in [6.45, 7) is 10.4. The molecule has 0 amide bonds. The Morgan fingerprint density at radius 2 is 1.75 bits per heavy atom. The van der Waals surface area contributed by atoms with E-state index in [2.05, 4.69) is 23.6 Å². The molecule has 0 spiro atoms. The summed E-state index contributed by atoms with van der Waals surface area (Å²) < 4.78 is 0. The van der Waals surface area contributed by atoms with E-state index >= 15 is 0 Å². The molecule has 2 nitrogen and oxygen atoms in total. The Labute approximate surface area is 125 Å². The van der Waals surface area contributed by atoms with E-state index in [1.165, 1.54) is 77.5 Å². The lowest BCUT2D eigenvalue weighted by molar-refractivity contribution is -0.00729. The Morgan fingerprint density at radius 1 is 0.950 bits per heavy atom. The number of nitrogens with zero attached hydrogens (tertiary/aromatic N) is 2. The summed E-state index contributed by atoms with van der Waals surface area (Å²) in [6.07, 6.45) is 11.6. The van der Waals surface area contributed by atoms with Gasteiger partial charge in [-0.05, 0) is 44.1 Å². The third-order valence-electron chi connectivity index (χ3n) is 6.39. The number of hydrogen-bond acceptors (Lipinski definition) is 2. The highest BCUT2D eigenvalue weighted by Gasteiger charge is 2.35. The van der Waals surface area contributed by atoms with Crippen LogP contribution in [0.15, 0.2) is 0 Å². The predicted octanol–water partition coefficient (Wildman–Crippen LogP) is 3.76. The Kier molecular flexibility index (Phi) is 5.04. The van der Waals surface area contributed by atoms with Crippen LogP contribution in [0.3, 0.4) is 0 Å². The van der Waals surface area contributed by atoms with Gasteiger partial charge in [-0.1, -0.05) is 39.5 Å². The van der Waals surface area contributed by atoms with Crippen molar-refractivity contribution < 1.29 is 0 Å². The number of rotatable bonds is 3. The third-order valence-corrected chi connectivity index (χ3v) is 6.39. The maximum Gasteiger partial charge on any atom is 0.0223 e. The maximum atomic E-state index is 2.89. The van der Waals surface area contributed by atoms with E-state index in [1.807, 2.05) is 0 Å². The first kappa shape index (κ1) is 14.8. The van der Waals surface area contributed by atoms with Crippen LogP contribution in [-0.2, 0) is 0 Å². The Balaban J connectivity index is 1.61. The fraction of sp³-hybridized carbons (Fsp3) is 1.00. The fourth-order valence-electron chi connectivity index (χ4n) is 4.89. The van der Waals surface area contributed by atoms with Crippen LogP contribution in [-0.4, -0.2) is 48.1 Å². The largest absolute Gasteiger partial charge is 0.298 e. The van der Waals surface area contributed by atoms with Crippen molar-refractivity contribution >= 4 is 0 Å². The molecule has 0 aromatic rings. The quantitative estimate of drug-likeness (QED) is 0.775. The highest BCUT2D eigenvalue weighted by molar-refractivity contribution is 4.91. The molecule has 1 aliphatic carbocycles. The molecular weight excluding hydrogens is 244 g/mol. The minimum absolute atomic E-state index is 0.832. The van der Waals surface area contributed by atoms with Crippen LogP contribution in [0.1, 0.15) is 65.2 Å². The van der Waals surface area contributed by atoms with Gasteiger partial charge in [0.15, 0.2) is 0 Å². The Morgan fingerprint density at radius 3 is 2.55 bits per heavy atom. The van der Waals surface area contributed by atoms with Crippen LogP contribution in [0.5, 0.6) is 0 Å². The number of fused-ring (bicyclic) bond motifs is 1. The molecule has 0 bridgehead atoms. The average Bonchev–Trinajstić information content (AvgIpc) is 2.49. The van der Waals surface area contributed by atoms with Crippen molar-refractivity contribution in [3.05, 3.63) is 0 Å². The van der Waals surface area contributed by atoms with Crippen LogP contribution in [0.4, 0.5) is 0 Å². The van der Waals surface area contributed by atoms with Crippen LogP contribution < -0.4 is 0 Å². The highest BCUT2D eigenvalue weighted by Crippen LogP contribution is 2.32. The van der Waals surface area contributed by atoms with Crippen molar-refractivity contribution in [2.45, 2.75) is 77.3 Å². The molecule has 0 aromatic carbocycles. The van der Waals surface area contributed by atoms with Crippen molar-refractivity contribution in [1.82, 2.24) is 9.80 Å². The molecule has 0 radical (unpaired) electrons. The molecular formula is C18H34N2. The minimum atomic E-state index is 0.832. The molecule has 4 unspecified atom stereocenters. The lowest BCUT2D eigenvalue weighted by atomic mass is 9.79. The van der Waals surface area contributed by atoms with E-state index in [-0.39, 0.29) is 0 Å². The maximum absolute atomic E-state index is 2.89. The standard InChI is InChI=1S/C18H34N2/c1-3-17-13-19-11-7-6-10-18(19)14-20(17)12-16-9-5-4-8-15(16)2/h15-18H,3-14H2,1-2H3. The smallest absolute Gasteiger partial charge is 0.0223 e. The number of piperazine rings is 1. The van der Waals surface area contributed by atoms with Crippen molar-refractivity contribution in [3.63, 3.8) is 0 Å². The Bertz CT molecular complexity index is 304. The van der Waals surface area contributed by atoms with Crippen molar-refractivity contribution in [3.8, 4) is 0 Å². The predicted molar refractivity (Wildman–Crippen MR) is 86.0 cm³/mol. The number of hydrogen-bond donors (Lipinski definition) is 0. The second-order valence-corrected chi connectivity index (χ2v) is 7.68. The van der Waals surface area contributed by atoms with Crippen LogP contribution in [0, 0.1) is 11.8 Å². The molecule has 3 aliphatic rings. The normalized spacial score (nSPS) is 40.5. The lowest BCUT2D eigenvalue weighted by Gasteiger charge is -2.50. The van der Waals surface area contributed by atoms with Gasteiger partial charge in [-0.15, -0.1) is 0 Å². The molecule has 3 fully saturated rings. The van der Waals surface area contributed by atoms with Gasteiger partial charge in [-0.25, -0.2) is 0 Å². The second-order valence-electron chi connectivity index (χ2n) is 7.68. The lowest BCUT2D eigenvalue weighted by Crippen LogP contribution is -2.60. The minimum Gasteiger partial charge on any atom is -0.298 e. The summed E-state index contributed by atoms with van der Waals surface area (Å²) in [6, 6.07) is 1.71. The summed E-state index contributed by atoms with van der Waals surface area (Å²) in [5.41, 5.74) is 0. The highest BCUT2D eigenvalue weighted by atomic mass is 15.3. The SMILES string of the molecule is CCC1CN2CCCCC2CN1CC1CCCCC1C. The van der Waals surface area contributed by atoms with Gasteiger partial charge in [-0.3, -0.25) is 9.80 Å².